The molecule has 0 aliphatic carbocycles. The molecule has 26 heavy (non-hydrogen) atoms. The van der Waals surface area contributed by atoms with Crippen LogP contribution in [0, 0.1) is 0 Å². The van der Waals surface area contributed by atoms with Gasteiger partial charge in [-0.1, -0.05) is 74.5 Å². The van der Waals surface area contributed by atoms with Crippen LogP contribution < -0.4 is 10.9 Å². The van der Waals surface area contributed by atoms with E-state index in [1.165, 1.54) is 0 Å². The molecule has 0 aromatic heterocycles. The molecule has 6 heteroatoms. The normalized spacial score (nSPS) is 13.5. The van der Waals surface area contributed by atoms with E-state index in [-0.39, 0.29) is 11.8 Å². The summed E-state index contributed by atoms with van der Waals surface area (Å²) < 4.78 is 0. The van der Waals surface area contributed by atoms with Gasteiger partial charge in [-0.05, 0) is 11.1 Å². The highest BCUT2D eigenvalue weighted by molar-refractivity contribution is 6.35. The SMILES string of the molecule is CC(C=NNC(=O)C(=O)NN=CC(C)c1ccccc1)c1ccccc1. The van der Waals surface area contributed by atoms with Crippen molar-refractivity contribution in [2.24, 2.45) is 10.2 Å². The molecule has 0 radical (unpaired) electrons. The van der Waals surface area contributed by atoms with Gasteiger partial charge in [0.2, 0.25) is 0 Å². The molecule has 2 N–H and O–H groups in total. The lowest BCUT2D eigenvalue weighted by molar-refractivity contribution is -0.139. The second-order valence-electron chi connectivity index (χ2n) is 5.84. The summed E-state index contributed by atoms with van der Waals surface area (Å²) in [5, 5.41) is 7.64. The predicted molar refractivity (Wildman–Crippen MR) is 103 cm³/mol. The molecular formula is C20H22N4O2. The van der Waals surface area contributed by atoms with Gasteiger partial charge in [-0.25, -0.2) is 10.9 Å². The summed E-state index contributed by atoms with van der Waals surface area (Å²) in [5.74, 6) is -1.70. The van der Waals surface area contributed by atoms with Crippen molar-refractivity contribution in [2.45, 2.75) is 25.7 Å². The van der Waals surface area contributed by atoms with Gasteiger partial charge in [0.1, 0.15) is 0 Å². The monoisotopic (exact) mass is 350 g/mol. The third kappa shape index (κ3) is 5.98. The topological polar surface area (TPSA) is 82.9 Å². The van der Waals surface area contributed by atoms with Crippen LogP contribution >= 0.6 is 0 Å². The van der Waals surface area contributed by atoms with Gasteiger partial charge in [0.05, 0.1) is 0 Å². The van der Waals surface area contributed by atoms with Gasteiger partial charge in [-0.2, -0.15) is 10.2 Å². The van der Waals surface area contributed by atoms with Crippen molar-refractivity contribution in [2.75, 3.05) is 0 Å². The zero-order valence-electron chi connectivity index (χ0n) is 14.8. The van der Waals surface area contributed by atoms with Gasteiger partial charge < -0.3 is 0 Å². The maximum absolute atomic E-state index is 11.7. The van der Waals surface area contributed by atoms with Crippen LogP contribution in [-0.2, 0) is 9.59 Å². The molecule has 6 nitrogen and oxygen atoms in total. The average Bonchev–Trinajstić information content (AvgIpc) is 2.68. The standard InChI is InChI=1S/C20H22N4O2/c1-15(17-9-5-3-6-10-17)13-21-23-19(25)20(26)24-22-14-16(2)18-11-7-4-8-12-18/h3-16H,1-2H3,(H,23,25)(H,24,26). The fourth-order valence-electron chi connectivity index (χ4n) is 2.20. The van der Waals surface area contributed by atoms with Crippen LogP contribution in [-0.4, -0.2) is 24.2 Å². The largest absolute Gasteiger partial charge is 0.331 e. The van der Waals surface area contributed by atoms with E-state index in [0.29, 0.717) is 0 Å². The molecule has 134 valence electrons. The summed E-state index contributed by atoms with van der Waals surface area (Å²) in [4.78, 5) is 23.4. The van der Waals surface area contributed by atoms with E-state index in [4.69, 9.17) is 0 Å². The average molecular weight is 350 g/mol. The Kier molecular flexibility index (Phi) is 7.24. The first kappa shape index (κ1) is 19.1. The van der Waals surface area contributed by atoms with Crippen LogP contribution in [0.2, 0.25) is 0 Å². The lowest BCUT2D eigenvalue weighted by atomic mass is 10.0. The van der Waals surface area contributed by atoms with Crippen LogP contribution in [0.4, 0.5) is 0 Å². The first-order valence-electron chi connectivity index (χ1n) is 8.34. The van der Waals surface area contributed by atoms with Crippen molar-refractivity contribution in [1.29, 1.82) is 0 Å². The number of nitrogens with one attached hydrogen (secondary N) is 2. The van der Waals surface area contributed by atoms with Crippen molar-refractivity contribution in [3.05, 3.63) is 71.8 Å². The number of hydrogen-bond donors (Lipinski definition) is 2. The van der Waals surface area contributed by atoms with Crippen LogP contribution in [0.25, 0.3) is 0 Å². The van der Waals surface area contributed by atoms with Gasteiger partial charge in [0.25, 0.3) is 0 Å². The minimum Gasteiger partial charge on any atom is -0.262 e. The zero-order valence-corrected chi connectivity index (χ0v) is 14.8. The maximum atomic E-state index is 11.7. The quantitative estimate of drug-likeness (QED) is 0.477. The van der Waals surface area contributed by atoms with Crippen molar-refractivity contribution in [3.63, 3.8) is 0 Å². The number of carbonyl (C=O) groups is 2. The van der Waals surface area contributed by atoms with Crippen molar-refractivity contribution < 1.29 is 9.59 Å². The lowest BCUT2D eigenvalue weighted by Gasteiger charge is -2.06. The summed E-state index contributed by atoms with van der Waals surface area (Å²) in [7, 11) is 0. The predicted octanol–water partition coefficient (Wildman–Crippen LogP) is 2.80. The van der Waals surface area contributed by atoms with Gasteiger partial charge in [-0.3, -0.25) is 9.59 Å². The molecule has 0 saturated heterocycles. The van der Waals surface area contributed by atoms with Crippen LogP contribution in [0.1, 0.15) is 36.8 Å². The summed E-state index contributed by atoms with van der Waals surface area (Å²) >= 11 is 0. The van der Waals surface area contributed by atoms with E-state index in [1.807, 2.05) is 74.5 Å². The van der Waals surface area contributed by atoms with E-state index in [2.05, 4.69) is 21.1 Å². The Morgan fingerprint density at radius 1 is 0.731 bits per heavy atom. The number of rotatable bonds is 6. The first-order chi connectivity index (χ1) is 12.6. The van der Waals surface area contributed by atoms with Crippen LogP contribution in [0.15, 0.2) is 70.9 Å². The molecule has 0 aliphatic rings. The molecule has 2 rings (SSSR count). The minimum absolute atomic E-state index is 0.0179. The van der Waals surface area contributed by atoms with Crippen LogP contribution in [0.5, 0.6) is 0 Å². The van der Waals surface area contributed by atoms with Crippen molar-refractivity contribution >= 4 is 24.2 Å². The second kappa shape index (κ2) is 9.88. The van der Waals surface area contributed by atoms with E-state index >= 15 is 0 Å². The first-order valence-corrected chi connectivity index (χ1v) is 8.34. The fourth-order valence-corrected chi connectivity index (χ4v) is 2.20. The minimum atomic E-state index is -0.869. The fraction of sp³-hybridized carbons (Fsp3) is 0.200. The Bertz CT molecular complexity index is 705. The summed E-state index contributed by atoms with van der Waals surface area (Å²) in [6.07, 6.45) is 3.14. The third-order valence-corrected chi connectivity index (χ3v) is 3.79. The number of hydrogen-bond acceptors (Lipinski definition) is 4. The molecule has 2 unspecified atom stereocenters. The number of nitrogens with zero attached hydrogens (tertiary/aromatic N) is 2. The molecule has 2 amide bonds. The van der Waals surface area contributed by atoms with E-state index in [9.17, 15) is 9.59 Å². The molecule has 0 aliphatic heterocycles. The molecule has 0 heterocycles. The summed E-state index contributed by atoms with van der Waals surface area (Å²) in [5.41, 5.74) is 6.52. The van der Waals surface area contributed by atoms with E-state index in [1.54, 1.807) is 12.4 Å². The molecule has 2 aromatic rings. The molecular weight excluding hydrogens is 328 g/mol. The molecule has 0 spiro atoms. The second-order valence-corrected chi connectivity index (χ2v) is 5.84. The Labute approximate surface area is 153 Å². The van der Waals surface area contributed by atoms with Crippen molar-refractivity contribution in [3.8, 4) is 0 Å². The zero-order chi connectivity index (χ0) is 18.8. The smallest absolute Gasteiger partial charge is 0.262 e. The number of amides is 2. The third-order valence-electron chi connectivity index (χ3n) is 3.79. The van der Waals surface area contributed by atoms with Crippen LogP contribution in [0.3, 0.4) is 0 Å². The van der Waals surface area contributed by atoms with E-state index < -0.39 is 11.8 Å². The molecule has 0 saturated carbocycles. The van der Waals surface area contributed by atoms with Gasteiger partial charge >= 0.3 is 11.8 Å². The highest BCUT2D eigenvalue weighted by Crippen LogP contribution is 2.12. The highest BCUT2D eigenvalue weighted by atomic mass is 16.2. The molecule has 0 bridgehead atoms. The van der Waals surface area contributed by atoms with Gasteiger partial charge in [0.15, 0.2) is 0 Å². The number of benzene rings is 2. The molecule has 2 atom stereocenters. The maximum Gasteiger partial charge on any atom is 0.331 e. The Morgan fingerprint density at radius 3 is 1.42 bits per heavy atom. The van der Waals surface area contributed by atoms with Gasteiger partial charge in [0, 0.05) is 24.3 Å². The number of hydrazone groups is 2. The van der Waals surface area contributed by atoms with E-state index in [0.717, 1.165) is 11.1 Å². The van der Waals surface area contributed by atoms with Crippen molar-refractivity contribution in [1.82, 2.24) is 10.9 Å². The molecule has 2 aromatic carbocycles. The van der Waals surface area contributed by atoms with Gasteiger partial charge in [-0.15, -0.1) is 0 Å². The molecule has 0 fully saturated rings. The Balaban J connectivity index is 1.78. The Hall–Kier alpha value is -3.28. The Morgan fingerprint density at radius 2 is 1.08 bits per heavy atom. The summed E-state index contributed by atoms with van der Waals surface area (Å²) in [6, 6.07) is 19.4. The summed E-state index contributed by atoms with van der Waals surface area (Å²) in [6.45, 7) is 3.89. The number of carbonyl (C=O) groups excluding carboxylic acids is 2. The lowest BCUT2D eigenvalue weighted by Crippen LogP contribution is -2.35. The highest BCUT2D eigenvalue weighted by Gasteiger charge is 2.12.